The molecule has 0 spiro atoms. The van der Waals surface area contributed by atoms with Gasteiger partial charge in [0.2, 0.25) is 0 Å². The number of hydrogen-bond donors (Lipinski definition) is 4. The van der Waals surface area contributed by atoms with Crippen LogP contribution in [0.4, 0.5) is 27.5 Å². The highest BCUT2D eigenvalue weighted by Crippen LogP contribution is 2.32. The van der Waals surface area contributed by atoms with Gasteiger partial charge in [0.25, 0.3) is 0 Å². The summed E-state index contributed by atoms with van der Waals surface area (Å²) >= 11 is 0. The van der Waals surface area contributed by atoms with Crippen LogP contribution >= 0.6 is 0 Å². The molecule has 2 aromatic carbocycles. The Kier molecular flexibility index (Phi) is 3.57. The van der Waals surface area contributed by atoms with Gasteiger partial charge in [-0.2, -0.15) is 0 Å². The molecule has 0 fully saturated rings. The summed E-state index contributed by atoms with van der Waals surface area (Å²) in [5.74, 6) is 1.46. The van der Waals surface area contributed by atoms with Gasteiger partial charge in [0.1, 0.15) is 11.6 Å². The topological polar surface area (TPSA) is 74.4 Å². The minimum absolute atomic E-state index is 0.310. The van der Waals surface area contributed by atoms with Crippen LogP contribution in [0.15, 0.2) is 54.9 Å². The fourth-order valence-corrected chi connectivity index (χ4v) is 2.16. The Balaban J connectivity index is 1.64. The van der Waals surface area contributed by atoms with Crippen molar-refractivity contribution in [1.82, 2.24) is 0 Å². The zero-order valence-corrected chi connectivity index (χ0v) is 12.1. The summed E-state index contributed by atoms with van der Waals surface area (Å²) < 4.78 is 5.07. The summed E-state index contributed by atoms with van der Waals surface area (Å²) in [5, 5.41) is 11.7. The van der Waals surface area contributed by atoms with Gasteiger partial charge >= 0.3 is 6.03 Å². The monoisotopic (exact) mass is 296 g/mol. The van der Waals surface area contributed by atoms with E-state index in [9.17, 15) is 4.79 Å². The van der Waals surface area contributed by atoms with E-state index in [0.29, 0.717) is 11.4 Å². The molecule has 2 aromatic rings. The Labute approximate surface area is 128 Å². The molecular weight excluding hydrogens is 280 g/mol. The third-order valence-corrected chi connectivity index (χ3v) is 3.20. The number of anilines is 4. The molecule has 0 aliphatic carbocycles. The van der Waals surface area contributed by atoms with E-state index in [-0.39, 0.29) is 6.03 Å². The molecular formula is C16H16N4O2. The Hall–Kier alpha value is -3.15. The summed E-state index contributed by atoms with van der Waals surface area (Å²) in [7, 11) is 1.60. The third kappa shape index (κ3) is 2.95. The molecule has 0 saturated carbocycles. The van der Waals surface area contributed by atoms with Crippen molar-refractivity contribution in [3.63, 3.8) is 0 Å². The van der Waals surface area contributed by atoms with Crippen molar-refractivity contribution < 1.29 is 9.53 Å². The van der Waals surface area contributed by atoms with E-state index in [2.05, 4.69) is 27.8 Å². The van der Waals surface area contributed by atoms with Crippen molar-refractivity contribution in [2.24, 2.45) is 0 Å². The van der Waals surface area contributed by atoms with Crippen LogP contribution in [0.1, 0.15) is 0 Å². The molecule has 2 amide bonds. The van der Waals surface area contributed by atoms with E-state index in [4.69, 9.17) is 4.74 Å². The first kappa shape index (κ1) is 13.8. The van der Waals surface area contributed by atoms with Gasteiger partial charge in [-0.15, -0.1) is 0 Å². The fourth-order valence-electron chi connectivity index (χ4n) is 2.16. The summed E-state index contributed by atoms with van der Waals surface area (Å²) in [5.41, 5.74) is 3.19. The summed E-state index contributed by atoms with van der Waals surface area (Å²) in [6, 6.07) is 12.3. The smallest absolute Gasteiger partial charge is 0.323 e. The maximum Gasteiger partial charge on any atom is 0.323 e. The minimum atomic E-state index is -0.310. The molecule has 22 heavy (non-hydrogen) atoms. The van der Waals surface area contributed by atoms with Gasteiger partial charge in [-0.3, -0.25) is 0 Å². The zero-order valence-electron chi connectivity index (χ0n) is 12.1. The van der Waals surface area contributed by atoms with Crippen LogP contribution in [-0.2, 0) is 0 Å². The number of hydrogen-bond acceptors (Lipinski definition) is 4. The second-order valence-electron chi connectivity index (χ2n) is 4.80. The first-order valence-corrected chi connectivity index (χ1v) is 6.73. The number of nitrogens with one attached hydrogen (secondary N) is 4. The number of carbonyl (C=O) groups is 1. The Morgan fingerprint density at radius 1 is 1.00 bits per heavy atom. The van der Waals surface area contributed by atoms with Gasteiger partial charge in [-0.1, -0.05) is 6.58 Å². The Morgan fingerprint density at radius 3 is 2.36 bits per heavy atom. The number of benzene rings is 2. The molecule has 4 N–H and O–H groups in total. The van der Waals surface area contributed by atoms with Crippen molar-refractivity contribution in [2.45, 2.75) is 0 Å². The lowest BCUT2D eigenvalue weighted by Gasteiger charge is -2.09. The van der Waals surface area contributed by atoms with Gasteiger partial charge in [-0.25, -0.2) is 4.79 Å². The molecule has 0 atom stereocenters. The Morgan fingerprint density at radius 2 is 1.64 bits per heavy atom. The highest BCUT2D eigenvalue weighted by atomic mass is 16.5. The van der Waals surface area contributed by atoms with Crippen LogP contribution in [0.3, 0.4) is 0 Å². The number of fused-ring (bicyclic) bond motifs is 1. The van der Waals surface area contributed by atoms with Crippen molar-refractivity contribution in [3.05, 3.63) is 54.9 Å². The van der Waals surface area contributed by atoms with Crippen LogP contribution in [0, 0.1) is 0 Å². The molecule has 1 aliphatic heterocycles. The van der Waals surface area contributed by atoms with E-state index in [1.165, 1.54) is 0 Å². The van der Waals surface area contributed by atoms with Gasteiger partial charge in [0.15, 0.2) is 0 Å². The summed E-state index contributed by atoms with van der Waals surface area (Å²) in [6.07, 6.45) is 0. The SMILES string of the molecule is C=C1Nc2ccc(NC(=O)Nc3ccc(OC)cc3)cc2N1. The van der Waals surface area contributed by atoms with Gasteiger partial charge in [-0.05, 0) is 42.5 Å². The molecule has 3 rings (SSSR count). The van der Waals surface area contributed by atoms with Crippen molar-refractivity contribution in [1.29, 1.82) is 0 Å². The van der Waals surface area contributed by atoms with Crippen LogP contribution in [0.25, 0.3) is 0 Å². The average Bonchev–Trinajstić information content (AvgIpc) is 2.87. The van der Waals surface area contributed by atoms with Crippen molar-refractivity contribution in [2.75, 3.05) is 28.4 Å². The molecule has 0 bridgehead atoms. The molecule has 1 heterocycles. The van der Waals surface area contributed by atoms with Crippen molar-refractivity contribution >= 4 is 28.8 Å². The van der Waals surface area contributed by atoms with Gasteiger partial charge < -0.3 is 26.0 Å². The summed E-state index contributed by atoms with van der Waals surface area (Å²) in [4.78, 5) is 12.0. The standard InChI is InChI=1S/C16H16N4O2/c1-10-17-14-8-5-12(9-15(14)18-10)20-16(21)19-11-3-6-13(22-2)7-4-11/h3-9,17-18H,1H2,2H3,(H2,19,20,21). The molecule has 112 valence electrons. The molecule has 1 aliphatic rings. The van der Waals surface area contributed by atoms with E-state index in [1.807, 2.05) is 18.2 Å². The molecule has 0 aromatic heterocycles. The highest BCUT2D eigenvalue weighted by Gasteiger charge is 2.13. The number of urea groups is 1. The first-order chi connectivity index (χ1) is 10.6. The van der Waals surface area contributed by atoms with Crippen molar-refractivity contribution in [3.8, 4) is 5.75 Å². The molecule has 0 radical (unpaired) electrons. The number of methoxy groups -OCH3 is 1. The van der Waals surface area contributed by atoms with Crippen LogP contribution in [0.2, 0.25) is 0 Å². The maximum absolute atomic E-state index is 12.0. The van der Waals surface area contributed by atoms with E-state index >= 15 is 0 Å². The fraction of sp³-hybridized carbons (Fsp3) is 0.0625. The van der Waals surface area contributed by atoms with E-state index in [1.54, 1.807) is 31.4 Å². The second-order valence-corrected chi connectivity index (χ2v) is 4.80. The summed E-state index contributed by atoms with van der Waals surface area (Å²) in [6.45, 7) is 3.80. The number of ether oxygens (including phenoxy) is 1. The third-order valence-electron chi connectivity index (χ3n) is 3.20. The lowest BCUT2D eigenvalue weighted by molar-refractivity contribution is 0.262. The lowest BCUT2D eigenvalue weighted by Crippen LogP contribution is -2.19. The maximum atomic E-state index is 12.0. The second kappa shape index (κ2) is 5.69. The first-order valence-electron chi connectivity index (χ1n) is 6.73. The number of rotatable bonds is 3. The molecule has 6 heteroatoms. The zero-order chi connectivity index (χ0) is 15.5. The van der Waals surface area contributed by atoms with Crippen LogP contribution < -0.4 is 26.0 Å². The predicted molar refractivity (Wildman–Crippen MR) is 88.5 cm³/mol. The van der Waals surface area contributed by atoms with Gasteiger partial charge in [0.05, 0.1) is 18.5 Å². The average molecular weight is 296 g/mol. The number of amides is 2. The molecule has 0 unspecified atom stereocenters. The number of carbonyl (C=O) groups excluding carboxylic acids is 1. The van der Waals surface area contributed by atoms with Crippen LogP contribution in [0.5, 0.6) is 5.75 Å². The van der Waals surface area contributed by atoms with Gasteiger partial charge in [0, 0.05) is 11.4 Å². The Bertz CT molecular complexity index is 725. The lowest BCUT2D eigenvalue weighted by atomic mass is 10.2. The predicted octanol–water partition coefficient (Wildman–Crippen LogP) is 3.65. The minimum Gasteiger partial charge on any atom is -0.497 e. The normalized spacial score (nSPS) is 12.0. The molecule has 6 nitrogen and oxygen atoms in total. The largest absolute Gasteiger partial charge is 0.497 e. The highest BCUT2D eigenvalue weighted by molar-refractivity contribution is 6.00. The quantitative estimate of drug-likeness (QED) is 0.697. The van der Waals surface area contributed by atoms with E-state index < -0.39 is 0 Å². The van der Waals surface area contributed by atoms with E-state index in [0.717, 1.165) is 22.9 Å². The van der Waals surface area contributed by atoms with Crippen LogP contribution in [-0.4, -0.2) is 13.1 Å². The molecule has 0 saturated heterocycles.